The first-order valence-corrected chi connectivity index (χ1v) is 5.22. The molecule has 0 atom stereocenters. The molecule has 2 N–H and O–H groups in total. The van der Waals surface area contributed by atoms with Gasteiger partial charge in [0.25, 0.3) is 0 Å². The molecule has 0 fully saturated rings. The number of ether oxygens (including phenoxy) is 1. The maximum atomic E-state index is 11.4. The fourth-order valence-electron chi connectivity index (χ4n) is 1.36. The van der Waals surface area contributed by atoms with Crippen molar-refractivity contribution in [2.75, 3.05) is 19.0 Å². The third kappa shape index (κ3) is 3.55. The van der Waals surface area contributed by atoms with E-state index in [4.69, 9.17) is 9.84 Å². The van der Waals surface area contributed by atoms with Gasteiger partial charge in [-0.05, 0) is 37.1 Å². The van der Waals surface area contributed by atoms with Gasteiger partial charge in [0.05, 0.1) is 7.11 Å². The lowest BCUT2D eigenvalue weighted by Crippen LogP contribution is -2.12. The van der Waals surface area contributed by atoms with Crippen LogP contribution >= 0.6 is 0 Å². The van der Waals surface area contributed by atoms with Gasteiger partial charge in [0.2, 0.25) is 5.91 Å². The predicted octanol–water partition coefficient (Wildman–Crippen LogP) is 1.71. The number of carbonyl (C=O) groups excluding carboxylic acids is 1. The van der Waals surface area contributed by atoms with Crippen molar-refractivity contribution in [3.8, 4) is 5.75 Å². The Kier molecular flexibility index (Phi) is 4.79. The molecule has 0 bridgehead atoms. The Hall–Kier alpha value is -1.55. The molecular formula is C12H17NO3. The first-order valence-electron chi connectivity index (χ1n) is 5.22. The number of methoxy groups -OCH3 is 1. The number of benzene rings is 1. The van der Waals surface area contributed by atoms with Gasteiger partial charge in [-0.2, -0.15) is 0 Å². The Morgan fingerprint density at radius 3 is 2.81 bits per heavy atom. The first-order chi connectivity index (χ1) is 7.67. The maximum absolute atomic E-state index is 11.4. The zero-order chi connectivity index (χ0) is 12.0. The van der Waals surface area contributed by atoms with Gasteiger partial charge in [-0.1, -0.05) is 0 Å². The number of amides is 1. The third-order valence-electron chi connectivity index (χ3n) is 2.27. The molecule has 0 saturated carbocycles. The van der Waals surface area contributed by atoms with Crippen molar-refractivity contribution in [3.05, 3.63) is 23.8 Å². The number of nitrogens with one attached hydrogen (secondary N) is 1. The Morgan fingerprint density at radius 2 is 2.25 bits per heavy atom. The van der Waals surface area contributed by atoms with E-state index in [0.717, 1.165) is 17.0 Å². The maximum Gasteiger partial charge on any atom is 0.224 e. The van der Waals surface area contributed by atoms with Gasteiger partial charge >= 0.3 is 0 Å². The summed E-state index contributed by atoms with van der Waals surface area (Å²) in [5.41, 5.74) is 1.74. The molecule has 1 aromatic carbocycles. The number of aryl methyl sites for hydroxylation is 1. The molecule has 88 valence electrons. The van der Waals surface area contributed by atoms with Crippen LogP contribution in [0.3, 0.4) is 0 Å². The molecule has 0 aliphatic carbocycles. The first kappa shape index (κ1) is 12.5. The van der Waals surface area contributed by atoms with Gasteiger partial charge in [-0.15, -0.1) is 0 Å². The molecule has 1 rings (SSSR count). The quantitative estimate of drug-likeness (QED) is 0.799. The summed E-state index contributed by atoms with van der Waals surface area (Å²) in [5, 5.41) is 11.4. The van der Waals surface area contributed by atoms with Crippen molar-refractivity contribution in [1.82, 2.24) is 0 Å². The van der Waals surface area contributed by atoms with Crippen molar-refractivity contribution in [2.24, 2.45) is 0 Å². The van der Waals surface area contributed by atoms with E-state index in [-0.39, 0.29) is 12.5 Å². The lowest BCUT2D eigenvalue weighted by molar-refractivity contribution is -0.116. The molecule has 0 saturated heterocycles. The Labute approximate surface area is 95.2 Å². The largest absolute Gasteiger partial charge is 0.497 e. The lowest BCUT2D eigenvalue weighted by atomic mass is 10.2. The van der Waals surface area contributed by atoms with Crippen LogP contribution in [0.4, 0.5) is 5.69 Å². The number of aliphatic hydroxyl groups is 1. The van der Waals surface area contributed by atoms with Gasteiger partial charge in [-0.25, -0.2) is 0 Å². The Morgan fingerprint density at radius 1 is 1.50 bits per heavy atom. The summed E-state index contributed by atoms with van der Waals surface area (Å²) in [6.45, 7) is 1.94. The molecule has 16 heavy (non-hydrogen) atoms. The van der Waals surface area contributed by atoms with Gasteiger partial charge in [0, 0.05) is 18.7 Å². The molecule has 0 heterocycles. The topological polar surface area (TPSA) is 58.6 Å². The predicted molar refractivity (Wildman–Crippen MR) is 62.7 cm³/mol. The highest BCUT2D eigenvalue weighted by Crippen LogP contribution is 2.21. The van der Waals surface area contributed by atoms with Gasteiger partial charge < -0.3 is 15.2 Å². The number of rotatable bonds is 5. The molecule has 0 spiro atoms. The van der Waals surface area contributed by atoms with E-state index in [9.17, 15) is 4.79 Å². The minimum atomic E-state index is -0.0812. The Bertz CT molecular complexity index is 363. The zero-order valence-electron chi connectivity index (χ0n) is 9.62. The minimum absolute atomic E-state index is 0.0367. The van der Waals surface area contributed by atoms with Gasteiger partial charge in [0.1, 0.15) is 5.75 Å². The van der Waals surface area contributed by atoms with Crippen LogP contribution in [0.25, 0.3) is 0 Å². The second-order valence-corrected chi connectivity index (χ2v) is 3.56. The summed E-state index contributed by atoms with van der Waals surface area (Å²) < 4.78 is 5.07. The van der Waals surface area contributed by atoms with Crippen LogP contribution < -0.4 is 10.1 Å². The number of hydrogen-bond acceptors (Lipinski definition) is 3. The van der Waals surface area contributed by atoms with Crippen LogP contribution in [0.15, 0.2) is 18.2 Å². The van der Waals surface area contributed by atoms with Crippen LogP contribution in [0.1, 0.15) is 18.4 Å². The van der Waals surface area contributed by atoms with Crippen molar-refractivity contribution in [3.63, 3.8) is 0 Å². The average Bonchev–Trinajstić information content (AvgIpc) is 2.29. The van der Waals surface area contributed by atoms with Crippen LogP contribution in [0.2, 0.25) is 0 Å². The number of aliphatic hydroxyl groups excluding tert-OH is 1. The smallest absolute Gasteiger partial charge is 0.224 e. The second kappa shape index (κ2) is 6.12. The summed E-state index contributed by atoms with van der Waals surface area (Å²) in [7, 11) is 1.61. The van der Waals surface area contributed by atoms with E-state index < -0.39 is 0 Å². The zero-order valence-corrected chi connectivity index (χ0v) is 9.62. The van der Waals surface area contributed by atoms with Crippen LogP contribution in [0, 0.1) is 6.92 Å². The minimum Gasteiger partial charge on any atom is -0.497 e. The highest BCUT2D eigenvalue weighted by molar-refractivity contribution is 5.91. The van der Waals surface area contributed by atoms with Gasteiger partial charge in [0.15, 0.2) is 0 Å². The van der Waals surface area contributed by atoms with Crippen molar-refractivity contribution >= 4 is 11.6 Å². The van der Waals surface area contributed by atoms with Crippen molar-refractivity contribution < 1.29 is 14.6 Å². The van der Waals surface area contributed by atoms with Crippen LogP contribution in [-0.2, 0) is 4.79 Å². The monoisotopic (exact) mass is 223 g/mol. The van der Waals surface area contributed by atoms with Crippen LogP contribution in [-0.4, -0.2) is 24.7 Å². The van der Waals surface area contributed by atoms with Gasteiger partial charge in [-0.3, -0.25) is 4.79 Å². The summed E-state index contributed by atoms with van der Waals surface area (Å²) >= 11 is 0. The number of carbonyl (C=O) groups is 1. The van der Waals surface area contributed by atoms with E-state index in [0.29, 0.717) is 12.8 Å². The highest BCUT2D eigenvalue weighted by Gasteiger charge is 2.05. The molecule has 0 aliphatic heterocycles. The van der Waals surface area contributed by atoms with E-state index in [1.807, 2.05) is 19.1 Å². The molecular weight excluding hydrogens is 206 g/mol. The fraction of sp³-hybridized carbons (Fsp3) is 0.417. The lowest BCUT2D eigenvalue weighted by Gasteiger charge is -2.09. The highest BCUT2D eigenvalue weighted by atomic mass is 16.5. The van der Waals surface area contributed by atoms with E-state index in [1.165, 1.54) is 0 Å². The average molecular weight is 223 g/mol. The standard InChI is InChI=1S/C12H17NO3/c1-9-8-10(16-2)5-6-11(9)13-12(15)4-3-7-14/h5-6,8,14H,3-4,7H2,1-2H3,(H,13,15). The Balaban J connectivity index is 2.63. The van der Waals surface area contributed by atoms with Crippen molar-refractivity contribution in [1.29, 1.82) is 0 Å². The number of anilines is 1. The molecule has 1 aromatic rings. The molecule has 0 aromatic heterocycles. The number of hydrogen-bond donors (Lipinski definition) is 2. The summed E-state index contributed by atoms with van der Waals surface area (Å²) in [5.74, 6) is 0.688. The van der Waals surface area contributed by atoms with Crippen molar-refractivity contribution in [2.45, 2.75) is 19.8 Å². The molecule has 4 heteroatoms. The third-order valence-corrected chi connectivity index (χ3v) is 2.27. The summed E-state index contributed by atoms with van der Waals surface area (Å²) in [6.07, 6.45) is 0.822. The normalized spacial score (nSPS) is 9.94. The summed E-state index contributed by atoms with van der Waals surface area (Å²) in [4.78, 5) is 11.4. The SMILES string of the molecule is COc1ccc(NC(=O)CCCO)c(C)c1. The second-order valence-electron chi connectivity index (χ2n) is 3.56. The molecule has 0 unspecified atom stereocenters. The fourth-order valence-corrected chi connectivity index (χ4v) is 1.36. The molecule has 0 radical (unpaired) electrons. The molecule has 4 nitrogen and oxygen atoms in total. The summed E-state index contributed by atoms with van der Waals surface area (Å²) in [6, 6.07) is 5.47. The van der Waals surface area contributed by atoms with E-state index in [2.05, 4.69) is 5.32 Å². The molecule has 1 amide bonds. The van der Waals surface area contributed by atoms with E-state index in [1.54, 1.807) is 13.2 Å². The van der Waals surface area contributed by atoms with Crippen LogP contribution in [0.5, 0.6) is 5.75 Å². The molecule has 0 aliphatic rings. The van der Waals surface area contributed by atoms with E-state index >= 15 is 0 Å².